The van der Waals surface area contributed by atoms with Crippen molar-refractivity contribution < 1.29 is 37.1 Å². The third kappa shape index (κ3) is 6.93. The van der Waals surface area contributed by atoms with Gasteiger partial charge in [-0.1, -0.05) is 48.0 Å². The summed E-state index contributed by atoms with van der Waals surface area (Å²) < 4.78 is 45.8. The van der Waals surface area contributed by atoms with E-state index in [9.17, 15) is 32.3 Å². The lowest BCUT2D eigenvalue weighted by atomic mass is 9.98. The number of nitrogens with one attached hydrogen (secondary N) is 1. The number of halogens is 3. The van der Waals surface area contributed by atoms with Gasteiger partial charge < -0.3 is 15.0 Å². The second-order valence-corrected chi connectivity index (χ2v) is 10.6. The van der Waals surface area contributed by atoms with Crippen molar-refractivity contribution in [3.63, 3.8) is 0 Å². The van der Waals surface area contributed by atoms with Crippen LogP contribution in [0.3, 0.4) is 0 Å². The molecule has 0 unspecified atom stereocenters. The highest BCUT2D eigenvalue weighted by Gasteiger charge is 2.36. The smallest absolute Gasteiger partial charge is 0.416 e. The van der Waals surface area contributed by atoms with Crippen LogP contribution in [-0.2, 0) is 20.5 Å². The molecular formula is C35H30F3N3O5. The maximum atomic E-state index is 13.7. The predicted molar refractivity (Wildman–Crippen MR) is 168 cm³/mol. The average molecular weight is 630 g/mol. The number of benzene rings is 4. The van der Waals surface area contributed by atoms with Crippen LogP contribution >= 0.6 is 0 Å². The van der Waals surface area contributed by atoms with E-state index >= 15 is 0 Å². The molecule has 1 N–H and O–H groups in total. The summed E-state index contributed by atoms with van der Waals surface area (Å²) in [6, 6.07) is 23.8. The number of hydrogen-bond acceptors (Lipinski definition) is 5. The molecule has 1 aliphatic rings. The van der Waals surface area contributed by atoms with Crippen LogP contribution in [-0.4, -0.2) is 43.4 Å². The number of anilines is 3. The third-order valence-corrected chi connectivity index (χ3v) is 7.50. The summed E-state index contributed by atoms with van der Waals surface area (Å²) in [6.45, 7) is 2.83. The standard InChI is InChI=1S/C35H30F3N3O5/c1-3-46-32(43)21-41-30-20-25(35(36,37)38)14-17-29(30)40(19-18-31(41)42)34(45)24-12-15-26(16-13-24)39-33(44)28-7-5-4-6-27(28)23-10-8-22(2)9-11-23/h4-17,20H,3,18-19,21H2,1-2H3,(H,39,44). The topological polar surface area (TPSA) is 96.0 Å². The molecule has 3 amide bonds. The van der Waals surface area contributed by atoms with Crippen LogP contribution < -0.4 is 15.1 Å². The highest BCUT2D eigenvalue weighted by atomic mass is 19.4. The molecule has 0 spiro atoms. The van der Waals surface area contributed by atoms with Crippen molar-refractivity contribution in [1.82, 2.24) is 0 Å². The fourth-order valence-corrected chi connectivity index (χ4v) is 5.18. The molecule has 46 heavy (non-hydrogen) atoms. The molecule has 0 radical (unpaired) electrons. The molecule has 4 aromatic rings. The minimum atomic E-state index is -4.73. The summed E-state index contributed by atoms with van der Waals surface area (Å²) in [7, 11) is 0. The molecular weight excluding hydrogens is 599 g/mol. The number of hydrogen-bond donors (Lipinski definition) is 1. The van der Waals surface area contributed by atoms with E-state index in [1.54, 1.807) is 31.2 Å². The van der Waals surface area contributed by atoms with Crippen LogP contribution in [0.25, 0.3) is 11.1 Å². The van der Waals surface area contributed by atoms with Crippen molar-refractivity contribution in [1.29, 1.82) is 0 Å². The first-order valence-electron chi connectivity index (χ1n) is 14.5. The van der Waals surface area contributed by atoms with E-state index in [2.05, 4.69) is 5.32 Å². The summed E-state index contributed by atoms with van der Waals surface area (Å²) in [6.07, 6.45) is -4.97. The van der Waals surface area contributed by atoms with Gasteiger partial charge in [0.05, 0.1) is 23.5 Å². The number of alkyl halides is 3. The maximum Gasteiger partial charge on any atom is 0.416 e. The van der Waals surface area contributed by atoms with Gasteiger partial charge in [-0.2, -0.15) is 13.2 Å². The van der Waals surface area contributed by atoms with Crippen LogP contribution in [0, 0.1) is 6.92 Å². The fourth-order valence-electron chi connectivity index (χ4n) is 5.18. The van der Waals surface area contributed by atoms with Gasteiger partial charge >= 0.3 is 12.1 Å². The Labute approximate surface area is 263 Å². The Morgan fingerprint density at radius 1 is 0.891 bits per heavy atom. The first-order valence-corrected chi connectivity index (χ1v) is 14.5. The second-order valence-electron chi connectivity index (χ2n) is 10.6. The number of esters is 1. The van der Waals surface area contributed by atoms with Crippen molar-refractivity contribution in [2.24, 2.45) is 0 Å². The van der Waals surface area contributed by atoms with Gasteiger partial charge in [-0.05, 0) is 73.5 Å². The normalized spacial score (nSPS) is 13.1. The van der Waals surface area contributed by atoms with Gasteiger partial charge in [-0.25, -0.2) is 0 Å². The summed E-state index contributed by atoms with van der Waals surface area (Å²) >= 11 is 0. The average Bonchev–Trinajstić information content (AvgIpc) is 3.17. The van der Waals surface area contributed by atoms with Crippen molar-refractivity contribution in [2.45, 2.75) is 26.4 Å². The number of ether oxygens (including phenoxy) is 1. The van der Waals surface area contributed by atoms with Crippen molar-refractivity contribution in [2.75, 3.05) is 34.8 Å². The molecule has 0 atom stereocenters. The number of amides is 3. The van der Waals surface area contributed by atoms with Crippen molar-refractivity contribution in [3.8, 4) is 11.1 Å². The molecule has 5 rings (SSSR count). The lowest BCUT2D eigenvalue weighted by Crippen LogP contribution is -2.36. The van der Waals surface area contributed by atoms with Crippen molar-refractivity contribution in [3.05, 3.63) is 113 Å². The first-order chi connectivity index (χ1) is 22.0. The summed E-state index contributed by atoms with van der Waals surface area (Å²) in [5, 5.41) is 2.85. The second kappa shape index (κ2) is 13.3. The van der Waals surface area contributed by atoms with Gasteiger partial charge in [0.25, 0.3) is 11.8 Å². The Morgan fingerprint density at radius 3 is 2.26 bits per heavy atom. The van der Waals surface area contributed by atoms with E-state index < -0.39 is 36.1 Å². The highest BCUT2D eigenvalue weighted by Crippen LogP contribution is 2.39. The van der Waals surface area contributed by atoms with Crippen LogP contribution in [0.2, 0.25) is 0 Å². The molecule has 11 heteroatoms. The minimum Gasteiger partial charge on any atom is -0.465 e. The molecule has 0 fully saturated rings. The predicted octanol–water partition coefficient (Wildman–Crippen LogP) is 6.88. The molecule has 1 heterocycles. The number of carbonyl (C=O) groups is 4. The van der Waals surface area contributed by atoms with E-state index in [4.69, 9.17) is 4.74 Å². The lowest BCUT2D eigenvalue weighted by Gasteiger charge is -2.26. The quantitative estimate of drug-likeness (QED) is 0.225. The monoisotopic (exact) mass is 629 g/mol. The maximum absolute atomic E-state index is 13.7. The van der Waals surface area contributed by atoms with Crippen LogP contribution in [0.5, 0.6) is 0 Å². The molecule has 0 saturated carbocycles. The van der Waals surface area contributed by atoms with Gasteiger partial charge in [-0.3, -0.25) is 24.1 Å². The molecule has 236 valence electrons. The summed E-state index contributed by atoms with van der Waals surface area (Å²) in [5.41, 5.74) is 2.57. The summed E-state index contributed by atoms with van der Waals surface area (Å²) in [4.78, 5) is 54.4. The van der Waals surface area contributed by atoms with Gasteiger partial charge in [0, 0.05) is 29.8 Å². The summed E-state index contributed by atoms with van der Waals surface area (Å²) in [5.74, 6) is -2.35. The van der Waals surface area contributed by atoms with Crippen LogP contribution in [0.15, 0.2) is 91.0 Å². The number of carbonyl (C=O) groups excluding carboxylic acids is 4. The number of aryl methyl sites for hydroxylation is 1. The van der Waals surface area contributed by atoms with Crippen molar-refractivity contribution >= 4 is 40.8 Å². The molecule has 8 nitrogen and oxygen atoms in total. The fraction of sp³-hybridized carbons (Fsp3) is 0.200. The highest BCUT2D eigenvalue weighted by molar-refractivity contribution is 6.12. The SMILES string of the molecule is CCOC(=O)CN1C(=O)CCN(C(=O)c2ccc(NC(=O)c3ccccc3-c3ccc(C)cc3)cc2)c2ccc(C(F)(F)F)cc21. The Bertz CT molecular complexity index is 1790. The zero-order valence-corrected chi connectivity index (χ0v) is 25.1. The Kier molecular flexibility index (Phi) is 9.22. The van der Waals surface area contributed by atoms with Crippen LogP contribution in [0.1, 0.15) is 45.2 Å². The lowest BCUT2D eigenvalue weighted by molar-refractivity contribution is -0.142. The van der Waals surface area contributed by atoms with Gasteiger partial charge in [0.1, 0.15) is 6.54 Å². The molecule has 4 aromatic carbocycles. The first kappa shape index (κ1) is 32.0. The number of rotatable bonds is 7. The Hall–Kier alpha value is -5.45. The molecule has 0 bridgehead atoms. The molecule has 0 aromatic heterocycles. The minimum absolute atomic E-state index is 0.0244. The van der Waals surface area contributed by atoms with Gasteiger partial charge in [0.15, 0.2) is 0 Å². The zero-order chi connectivity index (χ0) is 33.0. The van der Waals surface area contributed by atoms with E-state index in [0.717, 1.165) is 39.8 Å². The number of nitrogens with zero attached hydrogens (tertiary/aromatic N) is 2. The van der Waals surface area contributed by atoms with E-state index in [-0.39, 0.29) is 42.4 Å². The van der Waals surface area contributed by atoms with E-state index in [1.807, 2.05) is 43.3 Å². The number of fused-ring (bicyclic) bond motifs is 1. The van der Waals surface area contributed by atoms with E-state index in [0.29, 0.717) is 11.3 Å². The Balaban J connectivity index is 1.40. The van der Waals surface area contributed by atoms with Gasteiger partial charge in [-0.15, -0.1) is 0 Å². The molecule has 0 aliphatic carbocycles. The van der Waals surface area contributed by atoms with Gasteiger partial charge in [0.2, 0.25) is 5.91 Å². The van der Waals surface area contributed by atoms with Crippen LogP contribution in [0.4, 0.5) is 30.2 Å². The largest absolute Gasteiger partial charge is 0.465 e. The molecule has 0 saturated heterocycles. The Morgan fingerprint density at radius 2 is 1.59 bits per heavy atom. The van der Waals surface area contributed by atoms with E-state index in [1.165, 1.54) is 17.0 Å². The zero-order valence-electron chi connectivity index (χ0n) is 25.1. The molecule has 1 aliphatic heterocycles. The third-order valence-electron chi connectivity index (χ3n) is 7.50.